The zero-order valence-corrected chi connectivity index (χ0v) is 11.6. The molecule has 0 bridgehead atoms. The van der Waals surface area contributed by atoms with E-state index >= 15 is 0 Å². The fourth-order valence-corrected chi connectivity index (χ4v) is 2.78. The maximum Gasteiger partial charge on any atom is 0.251 e. The molecule has 5 heteroatoms. The zero-order valence-electron chi connectivity index (χ0n) is 11.6. The summed E-state index contributed by atoms with van der Waals surface area (Å²) in [4.78, 5) is 14.6. The Kier molecular flexibility index (Phi) is 3.53. The Balaban J connectivity index is 1.60. The lowest BCUT2D eigenvalue weighted by molar-refractivity contribution is 0.0937. The van der Waals surface area contributed by atoms with Crippen molar-refractivity contribution in [3.8, 4) is 11.5 Å². The van der Waals surface area contributed by atoms with E-state index in [-0.39, 0.29) is 17.7 Å². The molecule has 3 rings (SSSR count). The molecule has 2 N–H and O–H groups in total. The minimum Gasteiger partial charge on any atom is -0.504 e. The van der Waals surface area contributed by atoms with Gasteiger partial charge in [-0.2, -0.15) is 0 Å². The zero-order chi connectivity index (χ0) is 14.1. The van der Waals surface area contributed by atoms with E-state index in [0.717, 1.165) is 25.6 Å². The molecule has 20 heavy (non-hydrogen) atoms. The first-order valence-electron chi connectivity index (χ1n) is 7.09. The number of carbonyl (C=O) groups excluding carboxylic acids is 1. The van der Waals surface area contributed by atoms with Crippen molar-refractivity contribution in [3.05, 3.63) is 23.8 Å². The third kappa shape index (κ3) is 2.72. The van der Waals surface area contributed by atoms with Gasteiger partial charge in [-0.1, -0.05) is 0 Å². The van der Waals surface area contributed by atoms with Crippen molar-refractivity contribution in [2.45, 2.75) is 31.3 Å². The molecular formula is C15H20N2O3. The van der Waals surface area contributed by atoms with Crippen LogP contribution < -0.4 is 10.1 Å². The summed E-state index contributed by atoms with van der Waals surface area (Å²) in [7, 11) is 1.49. The number of carbonyl (C=O) groups is 1. The molecule has 1 heterocycles. The standard InChI is InChI=1S/C15H20N2O3/c1-20-14-5-2-10(8-13(14)18)15(19)16-11-6-7-17(9-11)12-3-4-12/h2,5,8,11-12,18H,3-4,6-7,9H2,1H3,(H,16,19). The second-order valence-electron chi connectivity index (χ2n) is 5.57. The number of hydrogen-bond donors (Lipinski definition) is 2. The van der Waals surface area contributed by atoms with Crippen molar-refractivity contribution in [1.82, 2.24) is 10.2 Å². The van der Waals surface area contributed by atoms with Crippen molar-refractivity contribution in [3.63, 3.8) is 0 Å². The summed E-state index contributed by atoms with van der Waals surface area (Å²) in [6, 6.07) is 5.69. The van der Waals surface area contributed by atoms with Crippen LogP contribution in [0.5, 0.6) is 11.5 Å². The lowest BCUT2D eigenvalue weighted by atomic mass is 10.1. The highest BCUT2D eigenvalue weighted by Crippen LogP contribution is 2.30. The average Bonchev–Trinajstić information content (AvgIpc) is 3.19. The fraction of sp³-hybridized carbons (Fsp3) is 0.533. The van der Waals surface area contributed by atoms with Gasteiger partial charge in [-0.25, -0.2) is 0 Å². The Bertz CT molecular complexity index is 514. The number of rotatable bonds is 4. The number of hydrogen-bond acceptors (Lipinski definition) is 4. The molecule has 1 aromatic carbocycles. The third-order valence-electron chi connectivity index (χ3n) is 4.06. The van der Waals surface area contributed by atoms with Crippen molar-refractivity contribution in [1.29, 1.82) is 0 Å². The van der Waals surface area contributed by atoms with Gasteiger partial charge in [0.2, 0.25) is 0 Å². The van der Waals surface area contributed by atoms with Gasteiger partial charge in [-0.15, -0.1) is 0 Å². The van der Waals surface area contributed by atoms with Gasteiger partial charge in [0.15, 0.2) is 11.5 Å². The van der Waals surface area contributed by atoms with E-state index in [1.165, 1.54) is 26.0 Å². The molecule has 108 valence electrons. The van der Waals surface area contributed by atoms with Gasteiger partial charge in [0.25, 0.3) is 5.91 Å². The first kappa shape index (κ1) is 13.2. The van der Waals surface area contributed by atoms with Crippen LogP contribution in [-0.4, -0.2) is 48.2 Å². The number of nitrogens with zero attached hydrogens (tertiary/aromatic N) is 1. The molecule has 1 aromatic rings. The van der Waals surface area contributed by atoms with Crippen LogP contribution >= 0.6 is 0 Å². The highest BCUT2D eigenvalue weighted by molar-refractivity contribution is 5.95. The molecule has 1 saturated heterocycles. The van der Waals surface area contributed by atoms with Crippen LogP contribution in [0.25, 0.3) is 0 Å². The van der Waals surface area contributed by atoms with Crippen LogP contribution in [-0.2, 0) is 0 Å². The highest BCUT2D eigenvalue weighted by atomic mass is 16.5. The largest absolute Gasteiger partial charge is 0.504 e. The first-order chi connectivity index (χ1) is 9.67. The molecule has 2 fully saturated rings. The Hall–Kier alpha value is -1.75. The lowest BCUT2D eigenvalue weighted by Crippen LogP contribution is -2.37. The molecule has 0 radical (unpaired) electrons. The molecule has 0 spiro atoms. The van der Waals surface area contributed by atoms with Crippen LogP contribution in [0.3, 0.4) is 0 Å². The maximum atomic E-state index is 12.2. The molecule has 1 aliphatic heterocycles. The number of aromatic hydroxyl groups is 1. The number of ether oxygens (including phenoxy) is 1. The van der Waals surface area contributed by atoms with E-state index < -0.39 is 0 Å². The van der Waals surface area contributed by atoms with Crippen molar-refractivity contribution < 1.29 is 14.6 Å². The molecule has 1 saturated carbocycles. The number of phenols is 1. The van der Waals surface area contributed by atoms with Gasteiger partial charge in [0.05, 0.1) is 7.11 Å². The summed E-state index contributed by atoms with van der Waals surface area (Å²) in [5, 5.41) is 12.8. The van der Waals surface area contributed by atoms with Gasteiger partial charge in [0.1, 0.15) is 0 Å². The van der Waals surface area contributed by atoms with Gasteiger partial charge in [-0.05, 0) is 37.5 Å². The molecule has 1 amide bonds. The topological polar surface area (TPSA) is 61.8 Å². The SMILES string of the molecule is COc1ccc(C(=O)NC2CCN(C3CC3)C2)cc1O. The van der Waals surface area contributed by atoms with E-state index in [9.17, 15) is 9.90 Å². The van der Waals surface area contributed by atoms with E-state index in [4.69, 9.17) is 4.74 Å². The van der Waals surface area contributed by atoms with Gasteiger partial charge in [0, 0.05) is 30.7 Å². The first-order valence-corrected chi connectivity index (χ1v) is 7.09. The summed E-state index contributed by atoms with van der Waals surface area (Å²) in [5.74, 6) is 0.235. The Morgan fingerprint density at radius 1 is 1.40 bits per heavy atom. The van der Waals surface area contributed by atoms with Crippen LogP contribution in [0.1, 0.15) is 29.6 Å². The second-order valence-corrected chi connectivity index (χ2v) is 5.57. The van der Waals surface area contributed by atoms with Crippen LogP contribution in [0.2, 0.25) is 0 Å². The smallest absolute Gasteiger partial charge is 0.251 e. The van der Waals surface area contributed by atoms with Crippen molar-refractivity contribution in [2.24, 2.45) is 0 Å². The Morgan fingerprint density at radius 2 is 2.20 bits per heavy atom. The van der Waals surface area contributed by atoms with Gasteiger partial charge < -0.3 is 15.2 Å². The quantitative estimate of drug-likeness (QED) is 0.872. The summed E-state index contributed by atoms with van der Waals surface area (Å²) < 4.78 is 4.97. The summed E-state index contributed by atoms with van der Waals surface area (Å²) in [5.41, 5.74) is 0.466. The summed E-state index contributed by atoms with van der Waals surface area (Å²) in [6.07, 6.45) is 3.60. The molecular weight excluding hydrogens is 256 g/mol. The monoisotopic (exact) mass is 276 g/mol. The Labute approximate surface area is 118 Å². The lowest BCUT2D eigenvalue weighted by Gasteiger charge is -2.16. The predicted molar refractivity (Wildman–Crippen MR) is 75.1 cm³/mol. The maximum absolute atomic E-state index is 12.2. The number of benzene rings is 1. The number of methoxy groups -OCH3 is 1. The second kappa shape index (κ2) is 5.32. The van der Waals surface area contributed by atoms with Gasteiger partial charge >= 0.3 is 0 Å². The third-order valence-corrected chi connectivity index (χ3v) is 4.06. The van der Waals surface area contributed by atoms with E-state index in [1.54, 1.807) is 12.1 Å². The van der Waals surface area contributed by atoms with Crippen LogP contribution in [0.15, 0.2) is 18.2 Å². The minimum atomic E-state index is -0.134. The Morgan fingerprint density at radius 3 is 2.85 bits per heavy atom. The molecule has 1 aliphatic carbocycles. The number of amides is 1. The number of nitrogens with one attached hydrogen (secondary N) is 1. The van der Waals surface area contributed by atoms with E-state index in [0.29, 0.717) is 11.3 Å². The van der Waals surface area contributed by atoms with Crippen molar-refractivity contribution in [2.75, 3.05) is 20.2 Å². The number of likely N-dealkylation sites (tertiary alicyclic amines) is 1. The summed E-state index contributed by atoms with van der Waals surface area (Å²) in [6.45, 7) is 2.02. The molecule has 0 aromatic heterocycles. The van der Waals surface area contributed by atoms with E-state index in [2.05, 4.69) is 10.2 Å². The molecule has 1 unspecified atom stereocenters. The van der Waals surface area contributed by atoms with Crippen LogP contribution in [0, 0.1) is 0 Å². The minimum absolute atomic E-state index is 0.00817. The van der Waals surface area contributed by atoms with Crippen molar-refractivity contribution >= 4 is 5.91 Å². The normalized spacial score (nSPS) is 22.8. The fourth-order valence-electron chi connectivity index (χ4n) is 2.78. The number of phenolic OH excluding ortho intramolecular Hbond substituents is 1. The molecule has 5 nitrogen and oxygen atoms in total. The van der Waals surface area contributed by atoms with Crippen LogP contribution in [0.4, 0.5) is 0 Å². The molecule has 1 atom stereocenters. The average molecular weight is 276 g/mol. The van der Waals surface area contributed by atoms with E-state index in [1.807, 2.05) is 0 Å². The highest BCUT2D eigenvalue weighted by Gasteiger charge is 2.34. The van der Waals surface area contributed by atoms with Gasteiger partial charge in [-0.3, -0.25) is 9.69 Å². The molecule has 2 aliphatic rings. The summed E-state index contributed by atoms with van der Waals surface area (Å²) >= 11 is 0. The predicted octanol–water partition coefficient (Wildman–Crippen LogP) is 1.37.